The number of amides is 1. The van der Waals surface area contributed by atoms with Crippen molar-refractivity contribution >= 4 is 23.8 Å². The molecule has 0 unspecified atom stereocenters. The molecule has 1 amide bonds. The number of pyridine rings is 1. The first-order valence-corrected chi connectivity index (χ1v) is 11.3. The predicted molar refractivity (Wildman–Crippen MR) is 133 cm³/mol. The molecule has 0 aliphatic heterocycles. The smallest absolute Gasteiger partial charge is 0.480 e. The third-order valence-corrected chi connectivity index (χ3v) is 5.07. The van der Waals surface area contributed by atoms with Crippen molar-refractivity contribution in [1.82, 2.24) is 9.88 Å². The Balaban J connectivity index is 0.000000905. The first-order valence-electron chi connectivity index (χ1n) is 11.3. The van der Waals surface area contributed by atoms with Crippen LogP contribution in [0.3, 0.4) is 0 Å². The standard InChI is InChI=1S/C22H29N5O4.C2HF3O2/c1-14(2)16-8-4-3-7-15(16)13-27-12-6-9-17(20(27)29)19(28)26-18(21(30)31)10-5-11-25-22(23)24;3-2(4,5)1(6)7/h3-4,6-9,12,14,18H,5,10-11,13H2,1-2H3,(H,26,28)(H,30,31)(H4,23,24,25);(H,6,7)/t18-;/m0./s1. The third-order valence-electron chi connectivity index (χ3n) is 5.07. The lowest BCUT2D eigenvalue weighted by Crippen LogP contribution is -2.43. The van der Waals surface area contributed by atoms with Gasteiger partial charge in [0.25, 0.3) is 11.5 Å². The molecule has 1 atom stereocenters. The van der Waals surface area contributed by atoms with Gasteiger partial charge in [-0.2, -0.15) is 13.2 Å². The van der Waals surface area contributed by atoms with Crippen LogP contribution in [0, 0.1) is 0 Å². The highest BCUT2D eigenvalue weighted by atomic mass is 19.4. The van der Waals surface area contributed by atoms with E-state index in [-0.39, 0.29) is 30.4 Å². The van der Waals surface area contributed by atoms with E-state index in [9.17, 15) is 32.7 Å². The van der Waals surface area contributed by atoms with E-state index >= 15 is 0 Å². The number of rotatable bonds is 10. The number of carboxylic acids is 2. The van der Waals surface area contributed by atoms with Crippen LogP contribution in [0.15, 0.2) is 52.4 Å². The van der Waals surface area contributed by atoms with Crippen molar-refractivity contribution in [1.29, 1.82) is 0 Å². The Bertz CT molecular complexity index is 1210. The summed E-state index contributed by atoms with van der Waals surface area (Å²) < 4.78 is 33.2. The van der Waals surface area contributed by atoms with Gasteiger partial charge >= 0.3 is 18.1 Å². The summed E-state index contributed by atoms with van der Waals surface area (Å²) >= 11 is 0. The van der Waals surface area contributed by atoms with Crippen LogP contribution in [0.1, 0.15) is 54.1 Å². The summed E-state index contributed by atoms with van der Waals surface area (Å²) in [6.07, 6.45) is -2.99. The Kier molecular flexibility index (Phi) is 12.0. The van der Waals surface area contributed by atoms with E-state index in [1.165, 1.54) is 10.6 Å². The molecule has 2 rings (SSSR count). The number of aliphatic carboxylic acids is 2. The van der Waals surface area contributed by atoms with Gasteiger partial charge in [-0.25, -0.2) is 9.59 Å². The van der Waals surface area contributed by atoms with Gasteiger partial charge in [0.15, 0.2) is 5.96 Å². The average molecular weight is 542 g/mol. The Hall–Kier alpha value is -4.36. The Morgan fingerprint density at radius 1 is 1.08 bits per heavy atom. The van der Waals surface area contributed by atoms with Gasteiger partial charge in [0.2, 0.25) is 0 Å². The molecule has 7 N–H and O–H groups in total. The summed E-state index contributed by atoms with van der Waals surface area (Å²) in [7, 11) is 0. The number of alkyl halides is 3. The van der Waals surface area contributed by atoms with Crippen LogP contribution in [0.25, 0.3) is 0 Å². The molecule has 0 bridgehead atoms. The second kappa shape index (κ2) is 14.4. The molecule has 0 aliphatic rings. The highest BCUT2D eigenvalue weighted by molar-refractivity contribution is 5.96. The van der Waals surface area contributed by atoms with E-state index in [1.807, 2.05) is 24.3 Å². The van der Waals surface area contributed by atoms with Crippen molar-refractivity contribution in [2.75, 3.05) is 6.54 Å². The fraction of sp³-hybridized carbons (Fsp3) is 0.375. The minimum absolute atomic E-state index is 0.0835. The van der Waals surface area contributed by atoms with Crippen molar-refractivity contribution in [2.45, 2.75) is 51.4 Å². The maximum absolute atomic E-state index is 12.9. The number of nitrogens with zero attached hydrogens (tertiary/aromatic N) is 2. The fourth-order valence-corrected chi connectivity index (χ4v) is 3.26. The van der Waals surface area contributed by atoms with Gasteiger partial charge in [-0.05, 0) is 42.0 Å². The SMILES string of the molecule is CC(C)c1ccccc1Cn1cccc(C(=O)N[C@@H](CCCN=C(N)N)C(=O)O)c1=O.O=C(O)C(F)(F)F. The number of hydrogen-bond donors (Lipinski definition) is 5. The van der Waals surface area contributed by atoms with Crippen LogP contribution in [0.2, 0.25) is 0 Å². The average Bonchev–Trinajstić information content (AvgIpc) is 2.82. The number of nitrogens with one attached hydrogen (secondary N) is 1. The molecule has 0 radical (unpaired) electrons. The molecule has 0 spiro atoms. The van der Waals surface area contributed by atoms with Crippen LogP contribution < -0.4 is 22.3 Å². The molecule has 0 saturated heterocycles. The molecule has 1 aromatic carbocycles. The number of guanidine groups is 1. The molecule has 0 fully saturated rings. The van der Waals surface area contributed by atoms with E-state index in [2.05, 4.69) is 24.2 Å². The molecule has 11 nitrogen and oxygen atoms in total. The second-order valence-corrected chi connectivity index (χ2v) is 8.32. The molecule has 208 valence electrons. The Morgan fingerprint density at radius 3 is 2.21 bits per heavy atom. The molecule has 38 heavy (non-hydrogen) atoms. The van der Waals surface area contributed by atoms with Gasteiger partial charge < -0.3 is 31.6 Å². The molecular weight excluding hydrogens is 511 g/mol. The minimum atomic E-state index is -5.08. The lowest BCUT2D eigenvalue weighted by Gasteiger charge is -2.16. The van der Waals surface area contributed by atoms with E-state index in [1.54, 1.807) is 12.3 Å². The predicted octanol–water partition coefficient (Wildman–Crippen LogP) is 1.89. The monoisotopic (exact) mass is 541 g/mol. The number of carboxylic acid groups (broad SMARTS) is 2. The molecule has 1 heterocycles. The highest BCUT2D eigenvalue weighted by Gasteiger charge is 2.38. The summed E-state index contributed by atoms with van der Waals surface area (Å²) in [5.41, 5.74) is 12.0. The van der Waals surface area contributed by atoms with Crippen molar-refractivity contribution in [2.24, 2.45) is 16.5 Å². The topological polar surface area (TPSA) is 190 Å². The highest BCUT2D eigenvalue weighted by Crippen LogP contribution is 2.19. The Labute approximate surface area is 216 Å². The van der Waals surface area contributed by atoms with Gasteiger partial charge in [0.05, 0.1) is 6.54 Å². The van der Waals surface area contributed by atoms with Crippen molar-refractivity contribution in [3.8, 4) is 0 Å². The number of carbonyl (C=O) groups excluding carboxylic acids is 1. The number of halogens is 3. The van der Waals surface area contributed by atoms with Crippen LogP contribution >= 0.6 is 0 Å². The van der Waals surface area contributed by atoms with E-state index in [0.717, 1.165) is 11.1 Å². The zero-order valence-electron chi connectivity index (χ0n) is 20.7. The first-order chi connectivity index (χ1) is 17.6. The lowest BCUT2D eigenvalue weighted by molar-refractivity contribution is -0.192. The van der Waals surface area contributed by atoms with Crippen LogP contribution in [-0.2, 0) is 16.1 Å². The van der Waals surface area contributed by atoms with Crippen molar-refractivity contribution < 1.29 is 37.8 Å². The normalized spacial score (nSPS) is 11.6. The fourth-order valence-electron chi connectivity index (χ4n) is 3.26. The number of nitrogens with two attached hydrogens (primary N) is 2. The van der Waals surface area contributed by atoms with Crippen LogP contribution in [-0.4, -0.2) is 57.3 Å². The number of aliphatic imine (C=N–C) groups is 1. The lowest BCUT2D eigenvalue weighted by atomic mass is 9.97. The first kappa shape index (κ1) is 31.7. The summed E-state index contributed by atoms with van der Waals surface area (Å²) in [6, 6.07) is 9.65. The summed E-state index contributed by atoms with van der Waals surface area (Å²) in [5.74, 6) is -4.48. The van der Waals surface area contributed by atoms with E-state index in [4.69, 9.17) is 21.4 Å². The van der Waals surface area contributed by atoms with Gasteiger partial charge in [0, 0.05) is 12.7 Å². The Morgan fingerprint density at radius 2 is 1.68 bits per heavy atom. The minimum Gasteiger partial charge on any atom is -0.480 e. The molecule has 2 aromatic rings. The van der Waals surface area contributed by atoms with Gasteiger partial charge in [-0.3, -0.25) is 14.6 Å². The molecule has 0 saturated carbocycles. The molecule has 14 heteroatoms. The van der Waals surface area contributed by atoms with Gasteiger partial charge in [-0.1, -0.05) is 38.1 Å². The molecule has 0 aliphatic carbocycles. The maximum Gasteiger partial charge on any atom is 0.490 e. The number of hydrogen-bond acceptors (Lipinski definition) is 5. The maximum atomic E-state index is 12.9. The van der Waals surface area contributed by atoms with Crippen molar-refractivity contribution in [3.05, 3.63) is 69.6 Å². The quantitative estimate of drug-likeness (QED) is 0.171. The van der Waals surface area contributed by atoms with Crippen LogP contribution in [0.4, 0.5) is 13.2 Å². The van der Waals surface area contributed by atoms with Crippen molar-refractivity contribution in [3.63, 3.8) is 0 Å². The zero-order valence-corrected chi connectivity index (χ0v) is 20.7. The number of carbonyl (C=O) groups is 3. The second-order valence-electron chi connectivity index (χ2n) is 8.32. The summed E-state index contributed by atoms with van der Waals surface area (Å²) in [5, 5.41) is 18.9. The molecular formula is C24H30F3N5O6. The molecule has 1 aromatic heterocycles. The van der Waals surface area contributed by atoms with E-state index in [0.29, 0.717) is 13.0 Å². The zero-order chi connectivity index (χ0) is 29.0. The largest absolute Gasteiger partial charge is 0.490 e. The summed E-state index contributed by atoms with van der Waals surface area (Å²) in [6.45, 7) is 4.71. The van der Waals surface area contributed by atoms with Gasteiger partial charge in [0.1, 0.15) is 11.6 Å². The third kappa shape index (κ3) is 10.3. The number of aromatic nitrogens is 1. The van der Waals surface area contributed by atoms with Crippen LogP contribution in [0.5, 0.6) is 0 Å². The number of benzene rings is 1. The van der Waals surface area contributed by atoms with E-state index < -0.39 is 35.6 Å². The summed E-state index contributed by atoms with van der Waals surface area (Å²) in [4.78, 5) is 49.7. The van der Waals surface area contributed by atoms with Gasteiger partial charge in [-0.15, -0.1) is 0 Å².